The van der Waals surface area contributed by atoms with Crippen LogP contribution < -0.4 is 5.32 Å². The van der Waals surface area contributed by atoms with Crippen LogP contribution in [-0.4, -0.2) is 49.8 Å². The highest BCUT2D eigenvalue weighted by molar-refractivity contribution is 7.86. The van der Waals surface area contributed by atoms with Gasteiger partial charge in [0.15, 0.2) is 0 Å². The molecule has 2 aliphatic rings. The van der Waals surface area contributed by atoms with Crippen molar-refractivity contribution in [3.63, 3.8) is 0 Å². The Hall–Kier alpha value is -0.730. The van der Waals surface area contributed by atoms with Gasteiger partial charge in [0, 0.05) is 43.3 Å². The number of piperidine rings is 1. The zero-order valence-electron chi connectivity index (χ0n) is 14.4. The van der Waals surface area contributed by atoms with Crippen molar-refractivity contribution in [2.24, 2.45) is 5.92 Å². The highest BCUT2D eigenvalue weighted by atomic mass is 35.5. The minimum absolute atomic E-state index is 0.0757. The van der Waals surface area contributed by atoms with Gasteiger partial charge in [-0.05, 0) is 50.3 Å². The largest absolute Gasteiger partial charge is 0.314 e. The molecule has 1 aliphatic heterocycles. The first-order valence-corrected chi connectivity index (χ1v) is 10.5. The number of hydrogen-bond acceptors (Lipinski definition) is 3. The number of rotatable bonds is 7. The molecule has 1 aromatic carbocycles. The summed E-state index contributed by atoms with van der Waals surface area (Å²) in [7, 11) is -2.15. The Labute approximate surface area is 154 Å². The van der Waals surface area contributed by atoms with Gasteiger partial charge in [-0.15, -0.1) is 0 Å². The molecule has 140 valence electrons. The van der Waals surface area contributed by atoms with Gasteiger partial charge >= 0.3 is 0 Å². The summed E-state index contributed by atoms with van der Waals surface area (Å²) < 4.78 is 42.1. The SMILES string of the molecule is CN(Cc1c(F)cccc1Cl)S(=O)(=O)N1CCC(NCC2CC2)CC1. The maximum atomic E-state index is 13.9. The van der Waals surface area contributed by atoms with Crippen LogP contribution in [0.4, 0.5) is 4.39 Å². The third-order valence-electron chi connectivity index (χ3n) is 5.01. The van der Waals surface area contributed by atoms with Gasteiger partial charge < -0.3 is 5.32 Å². The van der Waals surface area contributed by atoms with E-state index in [4.69, 9.17) is 11.6 Å². The molecule has 0 unspecified atom stereocenters. The van der Waals surface area contributed by atoms with E-state index < -0.39 is 16.0 Å². The van der Waals surface area contributed by atoms with Crippen LogP contribution >= 0.6 is 11.6 Å². The van der Waals surface area contributed by atoms with Crippen molar-refractivity contribution in [2.45, 2.75) is 38.3 Å². The summed E-state index contributed by atoms with van der Waals surface area (Å²) in [4.78, 5) is 0. The molecule has 1 saturated carbocycles. The molecule has 25 heavy (non-hydrogen) atoms. The van der Waals surface area contributed by atoms with Gasteiger partial charge in [-0.3, -0.25) is 0 Å². The van der Waals surface area contributed by atoms with E-state index in [1.807, 2.05) is 0 Å². The lowest BCUT2D eigenvalue weighted by molar-refractivity contribution is 0.270. The molecule has 1 saturated heterocycles. The quantitative estimate of drug-likeness (QED) is 0.779. The summed E-state index contributed by atoms with van der Waals surface area (Å²) in [6.07, 6.45) is 4.23. The molecule has 0 spiro atoms. The monoisotopic (exact) mass is 389 g/mol. The third kappa shape index (κ3) is 4.71. The number of halogens is 2. The fourth-order valence-electron chi connectivity index (χ4n) is 3.13. The van der Waals surface area contributed by atoms with Crippen LogP contribution in [0.1, 0.15) is 31.2 Å². The molecule has 0 amide bonds. The van der Waals surface area contributed by atoms with Crippen molar-refractivity contribution in [1.82, 2.24) is 13.9 Å². The fraction of sp³-hybridized carbons (Fsp3) is 0.647. The van der Waals surface area contributed by atoms with E-state index in [9.17, 15) is 12.8 Å². The molecule has 0 aromatic heterocycles. The maximum Gasteiger partial charge on any atom is 0.282 e. The summed E-state index contributed by atoms with van der Waals surface area (Å²) in [5, 5.41) is 3.78. The van der Waals surface area contributed by atoms with E-state index in [1.54, 1.807) is 6.07 Å². The van der Waals surface area contributed by atoms with Gasteiger partial charge in [-0.1, -0.05) is 17.7 Å². The molecule has 1 N–H and O–H groups in total. The topological polar surface area (TPSA) is 52.7 Å². The van der Waals surface area contributed by atoms with Crippen LogP contribution in [0.25, 0.3) is 0 Å². The van der Waals surface area contributed by atoms with Crippen LogP contribution in [0.3, 0.4) is 0 Å². The summed E-state index contributed by atoms with van der Waals surface area (Å²) in [6, 6.07) is 4.75. The smallest absolute Gasteiger partial charge is 0.282 e. The molecule has 5 nitrogen and oxygen atoms in total. The van der Waals surface area contributed by atoms with Gasteiger partial charge in [-0.2, -0.15) is 17.0 Å². The van der Waals surface area contributed by atoms with Gasteiger partial charge in [-0.25, -0.2) is 4.39 Å². The standard InChI is InChI=1S/C17H25ClFN3O2S/c1-21(12-15-16(18)3-2-4-17(15)19)25(23,24)22-9-7-14(8-10-22)20-11-13-5-6-13/h2-4,13-14,20H,5-12H2,1H3. The van der Waals surface area contributed by atoms with Crippen molar-refractivity contribution in [3.8, 4) is 0 Å². The number of nitrogens with zero attached hydrogens (tertiary/aromatic N) is 2. The van der Waals surface area contributed by atoms with Crippen LogP contribution in [0.2, 0.25) is 5.02 Å². The van der Waals surface area contributed by atoms with E-state index in [0.29, 0.717) is 19.1 Å². The average Bonchev–Trinajstić information content (AvgIpc) is 3.41. The van der Waals surface area contributed by atoms with Crippen LogP contribution in [0.5, 0.6) is 0 Å². The van der Waals surface area contributed by atoms with E-state index in [-0.39, 0.29) is 17.1 Å². The Kier molecular flexibility index (Phi) is 6.00. The molecule has 8 heteroatoms. The predicted octanol–water partition coefficient (Wildman–Crippen LogP) is 2.62. The summed E-state index contributed by atoms with van der Waals surface area (Å²) in [5.41, 5.74) is 0.205. The molecule has 1 aromatic rings. The summed E-state index contributed by atoms with van der Waals surface area (Å²) in [6.45, 7) is 1.94. The molecule has 0 atom stereocenters. The molecule has 1 aliphatic carbocycles. The van der Waals surface area contributed by atoms with Crippen molar-refractivity contribution in [2.75, 3.05) is 26.7 Å². The Balaban J connectivity index is 1.57. The number of hydrogen-bond donors (Lipinski definition) is 1. The van der Waals surface area contributed by atoms with E-state index in [1.165, 1.54) is 40.6 Å². The van der Waals surface area contributed by atoms with Gasteiger partial charge in [0.2, 0.25) is 0 Å². The molecule has 0 radical (unpaired) electrons. The van der Waals surface area contributed by atoms with Crippen molar-refractivity contribution in [3.05, 3.63) is 34.6 Å². The van der Waals surface area contributed by atoms with Gasteiger partial charge in [0.25, 0.3) is 10.2 Å². The minimum Gasteiger partial charge on any atom is -0.314 e. The lowest BCUT2D eigenvalue weighted by atomic mass is 10.1. The van der Waals surface area contributed by atoms with E-state index >= 15 is 0 Å². The molecule has 0 bridgehead atoms. The van der Waals surface area contributed by atoms with Gasteiger partial charge in [0.1, 0.15) is 5.82 Å². The molecular weight excluding hydrogens is 365 g/mol. The molecule has 3 rings (SSSR count). The van der Waals surface area contributed by atoms with E-state index in [2.05, 4.69) is 5.32 Å². The minimum atomic E-state index is -3.62. The Morgan fingerprint density at radius 2 is 1.96 bits per heavy atom. The third-order valence-corrected chi connectivity index (χ3v) is 7.30. The molecule has 1 heterocycles. The van der Waals surface area contributed by atoms with Gasteiger partial charge in [0.05, 0.1) is 0 Å². The van der Waals surface area contributed by atoms with Crippen LogP contribution in [-0.2, 0) is 16.8 Å². The first kappa shape index (κ1) is 19.0. The number of benzene rings is 1. The zero-order chi connectivity index (χ0) is 18.0. The maximum absolute atomic E-state index is 13.9. The Morgan fingerprint density at radius 3 is 2.56 bits per heavy atom. The number of nitrogens with one attached hydrogen (secondary N) is 1. The highest BCUT2D eigenvalue weighted by Gasteiger charge is 2.32. The molecular formula is C17H25ClFN3O2S. The van der Waals surface area contributed by atoms with Crippen molar-refractivity contribution < 1.29 is 12.8 Å². The summed E-state index contributed by atoms with van der Waals surface area (Å²) in [5.74, 6) is 0.330. The van der Waals surface area contributed by atoms with Crippen molar-refractivity contribution in [1.29, 1.82) is 0 Å². The first-order chi connectivity index (χ1) is 11.9. The molecule has 2 fully saturated rings. The lowest BCUT2D eigenvalue weighted by Gasteiger charge is -2.34. The normalized spacial score (nSPS) is 20.3. The highest BCUT2D eigenvalue weighted by Crippen LogP contribution is 2.28. The summed E-state index contributed by atoms with van der Waals surface area (Å²) >= 11 is 6.01. The Morgan fingerprint density at radius 1 is 1.28 bits per heavy atom. The fourth-order valence-corrected chi connectivity index (χ4v) is 4.71. The lowest BCUT2D eigenvalue weighted by Crippen LogP contribution is -2.49. The predicted molar refractivity (Wildman–Crippen MR) is 97.1 cm³/mol. The van der Waals surface area contributed by atoms with Crippen molar-refractivity contribution >= 4 is 21.8 Å². The first-order valence-electron chi connectivity index (χ1n) is 8.75. The van der Waals surface area contributed by atoms with E-state index in [0.717, 1.165) is 25.3 Å². The average molecular weight is 390 g/mol. The second kappa shape index (κ2) is 7.88. The van der Waals surface area contributed by atoms with Crippen LogP contribution in [0.15, 0.2) is 18.2 Å². The Bertz CT molecular complexity index is 684. The zero-order valence-corrected chi connectivity index (χ0v) is 16.0. The second-order valence-electron chi connectivity index (χ2n) is 6.99. The second-order valence-corrected chi connectivity index (χ2v) is 9.43. The van der Waals surface area contributed by atoms with Crippen LogP contribution in [0, 0.1) is 11.7 Å².